The van der Waals surface area contributed by atoms with Gasteiger partial charge in [-0.15, -0.1) is 0 Å². The first-order valence-electron chi connectivity index (χ1n) is 11.4. The number of pyridine rings is 1. The summed E-state index contributed by atoms with van der Waals surface area (Å²) < 4.78 is 13.7. The molecule has 0 saturated carbocycles. The Labute approximate surface area is 198 Å². The van der Waals surface area contributed by atoms with E-state index < -0.39 is 24.6 Å². The van der Waals surface area contributed by atoms with E-state index in [1.807, 2.05) is 12.1 Å². The molecule has 34 heavy (non-hydrogen) atoms. The van der Waals surface area contributed by atoms with Gasteiger partial charge in [0.05, 0.1) is 30.0 Å². The van der Waals surface area contributed by atoms with Gasteiger partial charge in [0, 0.05) is 24.0 Å². The lowest BCUT2D eigenvalue weighted by atomic mass is 9.89. The van der Waals surface area contributed by atoms with E-state index in [2.05, 4.69) is 26.0 Å². The number of aliphatic hydroxyl groups is 2. The van der Waals surface area contributed by atoms with Gasteiger partial charge in [0.25, 0.3) is 0 Å². The highest BCUT2D eigenvalue weighted by Crippen LogP contribution is 2.44. The highest BCUT2D eigenvalue weighted by molar-refractivity contribution is 5.88. The Hall–Kier alpha value is -3.35. The Kier molecular flexibility index (Phi) is 6.91. The van der Waals surface area contributed by atoms with Gasteiger partial charge in [-0.2, -0.15) is 0 Å². The number of halogens is 1. The SMILES string of the molecule is CC(C)c1nc2c(c(-c3ccc(F)cc3)c1C=C[C@@H](O)C[C@@H](O)CC(=O)O)Cc1ccccc1-2. The summed E-state index contributed by atoms with van der Waals surface area (Å²) in [5.74, 6) is -1.36. The predicted molar refractivity (Wildman–Crippen MR) is 130 cm³/mol. The number of carbonyl (C=O) groups is 1. The van der Waals surface area contributed by atoms with Crippen molar-refractivity contribution in [2.24, 2.45) is 0 Å². The summed E-state index contributed by atoms with van der Waals surface area (Å²) in [5.41, 5.74) is 7.74. The fourth-order valence-corrected chi connectivity index (χ4v) is 4.55. The molecule has 3 N–H and O–H groups in total. The molecule has 0 spiro atoms. The zero-order chi connectivity index (χ0) is 24.4. The molecular formula is C28H28FNO4. The number of aliphatic carboxylic acids is 1. The van der Waals surface area contributed by atoms with Crippen LogP contribution in [0.1, 0.15) is 55.0 Å². The lowest BCUT2D eigenvalue weighted by Gasteiger charge is -2.19. The monoisotopic (exact) mass is 461 g/mol. The number of aromatic nitrogens is 1. The molecule has 1 aliphatic rings. The minimum absolute atomic E-state index is 0.0756. The fraction of sp³-hybridized carbons (Fsp3) is 0.286. The summed E-state index contributed by atoms with van der Waals surface area (Å²) in [6.45, 7) is 4.10. The van der Waals surface area contributed by atoms with Crippen molar-refractivity contribution in [2.45, 2.75) is 51.2 Å². The van der Waals surface area contributed by atoms with E-state index >= 15 is 0 Å². The van der Waals surface area contributed by atoms with Gasteiger partial charge in [-0.05, 0) is 40.3 Å². The first-order chi connectivity index (χ1) is 16.2. The van der Waals surface area contributed by atoms with Gasteiger partial charge >= 0.3 is 5.97 Å². The van der Waals surface area contributed by atoms with Gasteiger partial charge in [-0.1, -0.05) is 62.4 Å². The zero-order valence-electron chi connectivity index (χ0n) is 19.2. The molecule has 176 valence electrons. The molecule has 0 unspecified atom stereocenters. The number of hydrogen-bond donors (Lipinski definition) is 3. The maximum atomic E-state index is 13.7. The fourth-order valence-electron chi connectivity index (χ4n) is 4.55. The average molecular weight is 462 g/mol. The van der Waals surface area contributed by atoms with Crippen LogP contribution in [0.3, 0.4) is 0 Å². The molecule has 0 aliphatic heterocycles. The molecule has 1 aromatic heterocycles. The third kappa shape index (κ3) is 4.93. The average Bonchev–Trinajstić information content (AvgIpc) is 3.15. The normalized spacial score (nSPS) is 14.3. The quantitative estimate of drug-likeness (QED) is 0.336. The second kappa shape index (κ2) is 9.87. The first-order valence-corrected chi connectivity index (χ1v) is 11.4. The van der Waals surface area contributed by atoms with Crippen LogP contribution < -0.4 is 0 Å². The van der Waals surface area contributed by atoms with Crippen LogP contribution in [-0.4, -0.2) is 38.5 Å². The Morgan fingerprint density at radius 3 is 2.50 bits per heavy atom. The van der Waals surface area contributed by atoms with E-state index in [0.717, 1.165) is 39.2 Å². The van der Waals surface area contributed by atoms with Crippen LogP contribution in [0.25, 0.3) is 28.5 Å². The molecule has 0 bridgehead atoms. The van der Waals surface area contributed by atoms with Crippen molar-refractivity contribution in [1.29, 1.82) is 0 Å². The third-order valence-electron chi connectivity index (χ3n) is 6.09. The van der Waals surface area contributed by atoms with E-state index in [-0.39, 0.29) is 18.2 Å². The summed E-state index contributed by atoms with van der Waals surface area (Å²) in [6, 6.07) is 14.5. The molecule has 2 atom stereocenters. The second-order valence-corrected chi connectivity index (χ2v) is 9.02. The van der Waals surface area contributed by atoms with Gasteiger partial charge in [0.15, 0.2) is 0 Å². The minimum atomic E-state index is -1.15. The van der Waals surface area contributed by atoms with Crippen LogP contribution in [0.5, 0.6) is 0 Å². The summed E-state index contributed by atoms with van der Waals surface area (Å²) in [4.78, 5) is 15.9. The minimum Gasteiger partial charge on any atom is -0.481 e. The highest BCUT2D eigenvalue weighted by Gasteiger charge is 2.27. The Morgan fingerprint density at radius 1 is 1.12 bits per heavy atom. The molecule has 1 aliphatic carbocycles. The zero-order valence-corrected chi connectivity index (χ0v) is 19.2. The van der Waals surface area contributed by atoms with Crippen molar-refractivity contribution in [2.75, 3.05) is 0 Å². The van der Waals surface area contributed by atoms with Crippen molar-refractivity contribution in [3.63, 3.8) is 0 Å². The van der Waals surface area contributed by atoms with E-state index in [4.69, 9.17) is 10.1 Å². The molecule has 0 fully saturated rings. The molecule has 2 aromatic carbocycles. The van der Waals surface area contributed by atoms with Crippen molar-refractivity contribution in [3.8, 4) is 22.4 Å². The number of hydrogen-bond acceptors (Lipinski definition) is 4. The van der Waals surface area contributed by atoms with Crippen molar-refractivity contribution < 1.29 is 24.5 Å². The molecule has 1 heterocycles. The number of carboxylic acids is 1. The number of benzene rings is 2. The third-order valence-corrected chi connectivity index (χ3v) is 6.09. The van der Waals surface area contributed by atoms with Crippen LogP contribution in [0.2, 0.25) is 0 Å². The maximum Gasteiger partial charge on any atom is 0.305 e. The van der Waals surface area contributed by atoms with Crippen LogP contribution in [0, 0.1) is 5.82 Å². The predicted octanol–water partition coefficient (Wildman–Crippen LogP) is 5.18. The second-order valence-electron chi connectivity index (χ2n) is 9.02. The van der Waals surface area contributed by atoms with E-state index in [1.54, 1.807) is 24.3 Å². The van der Waals surface area contributed by atoms with Crippen LogP contribution in [-0.2, 0) is 11.2 Å². The van der Waals surface area contributed by atoms with Crippen molar-refractivity contribution >= 4 is 12.0 Å². The molecule has 0 radical (unpaired) electrons. The number of nitrogens with zero attached hydrogens (tertiary/aromatic N) is 1. The molecular weight excluding hydrogens is 433 g/mol. The summed E-state index contributed by atoms with van der Waals surface area (Å²) in [7, 11) is 0. The number of rotatable bonds is 8. The van der Waals surface area contributed by atoms with E-state index in [9.17, 15) is 19.4 Å². The molecule has 0 amide bonds. The summed E-state index contributed by atoms with van der Waals surface area (Å²) in [6.07, 6.45) is 1.37. The topological polar surface area (TPSA) is 90.7 Å². The molecule has 0 saturated heterocycles. The highest BCUT2D eigenvalue weighted by atomic mass is 19.1. The van der Waals surface area contributed by atoms with Gasteiger partial charge in [0.1, 0.15) is 5.82 Å². The lowest BCUT2D eigenvalue weighted by molar-refractivity contribution is -0.139. The smallest absolute Gasteiger partial charge is 0.305 e. The summed E-state index contributed by atoms with van der Waals surface area (Å²) >= 11 is 0. The van der Waals surface area contributed by atoms with Crippen molar-refractivity contribution in [3.05, 3.63) is 82.8 Å². The standard InChI is InChI=1S/C28H28FNO4/c1-16(2)27-23(12-11-20(31)14-21(32)15-25(33)34)26(17-7-9-19(29)10-8-17)24-13-18-5-3-4-6-22(18)28(24)30-27/h3-12,16,20-21,31-32H,13-15H2,1-2H3,(H,33,34)/t20-,21-/m1/s1. The van der Waals surface area contributed by atoms with Gasteiger partial charge in [-0.3, -0.25) is 9.78 Å². The first kappa shape index (κ1) is 23.8. The molecule has 5 nitrogen and oxygen atoms in total. The lowest BCUT2D eigenvalue weighted by Crippen LogP contribution is -2.19. The molecule has 4 rings (SSSR count). The van der Waals surface area contributed by atoms with Crippen LogP contribution in [0.15, 0.2) is 54.6 Å². The Morgan fingerprint density at radius 2 is 1.82 bits per heavy atom. The Bertz CT molecular complexity index is 1230. The maximum absolute atomic E-state index is 13.7. The van der Waals surface area contributed by atoms with E-state index in [0.29, 0.717) is 6.42 Å². The number of aliphatic hydroxyl groups excluding tert-OH is 2. The number of carboxylic acid groups (broad SMARTS) is 1. The summed E-state index contributed by atoms with van der Waals surface area (Å²) in [5, 5.41) is 29.2. The molecule has 3 aromatic rings. The van der Waals surface area contributed by atoms with Gasteiger partial charge in [-0.25, -0.2) is 4.39 Å². The Balaban J connectivity index is 1.84. The van der Waals surface area contributed by atoms with E-state index in [1.165, 1.54) is 17.7 Å². The van der Waals surface area contributed by atoms with Gasteiger partial charge in [0.2, 0.25) is 0 Å². The van der Waals surface area contributed by atoms with Crippen LogP contribution >= 0.6 is 0 Å². The number of fused-ring (bicyclic) bond motifs is 3. The van der Waals surface area contributed by atoms with Crippen LogP contribution in [0.4, 0.5) is 4.39 Å². The van der Waals surface area contributed by atoms with Crippen molar-refractivity contribution in [1.82, 2.24) is 4.98 Å². The largest absolute Gasteiger partial charge is 0.481 e. The molecule has 6 heteroatoms. The van der Waals surface area contributed by atoms with Gasteiger partial charge < -0.3 is 15.3 Å².